The molecule has 2 aromatic rings. The van der Waals surface area contributed by atoms with Crippen LogP contribution >= 0.6 is 12.4 Å². The third-order valence-corrected chi connectivity index (χ3v) is 5.04. The van der Waals surface area contributed by atoms with Crippen molar-refractivity contribution in [2.45, 2.75) is 32.6 Å². The van der Waals surface area contributed by atoms with Crippen LogP contribution in [0.1, 0.15) is 40.9 Å². The number of hydroxylamine groups is 1. The van der Waals surface area contributed by atoms with Crippen molar-refractivity contribution in [3.63, 3.8) is 0 Å². The van der Waals surface area contributed by atoms with Crippen LogP contribution in [0.2, 0.25) is 0 Å². The molecule has 170 valence electrons. The molecule has 0 aromatic heterocycles. The number of nitrogens with one attached hydrogen (secondary N) is 1. The Bertz CT molecular complexity index is 945. The van der Waals surface area contributed by atoms with Crippen molar-refractivity contribution in [1.82, 2.24) is 10.4 Å². The van der Waals surface area contributed by atoms with Crippen LogP contribution in [-0.4, -0.2) is 47.1 Å². The molecule has 1 heterocycles. The molecular formula is C25H29ClN2O4. The summed E-state index contributed by atoms with van der Waals surface area (Å²) in [4.78, 5) is 25.9. The van der Waals surface area contributed by atoms with Gasteiger partial charge in [-0.15, -0.1) is 12.4 Å². The van der Waals surface area contributed by atoms with Crippen LogP contribution in [0.15, 0.2) is 60.7 Å². The van der Waals surface area contributed by atoms with Gasteiger partial charge in [-0.05, 0) is 42.7 Å². The zero-order valence-electron chi connectivity index (χ0n) is 18.2. The summed E-state index contributed by atoms with van der Waals surface area (Å²) >= 11 is 0. The fraction of sp³-hybridized carbons (Fsp3) is 0.280. The van der Waals surface area contributed by atoms with Crippen molar-refractivity contribution in [3.05, 3.63) is 82.9 Å². The minimum atomic E-state index is -0.588. The maximum atomic E-state index is 12.5. The van der Waals surface area contributed by atoms with E-state index in [0.717, 1.165) is 30.8 Å². The second-order valence-corrected chi connectivity index (χ2v) is 7.82. The Kier molecular flexibility index (Phi) is 9.81. The van der Waals surface area contributed by atoms with Crippen LogP contribution in [0.25, 0.3) is 12.2 Å². The van der Waals surface area contributed by atoms with E-state index in [1.165, 1.54) is 11.6 Å². The van der Waals surface area contributed by atoms with Gasteiger partial charge in [0, 0.05) is 31.3 Å². The number of carbonyl (C=O) groups excluding carboxylic acids is 2. The van der Waals surface area contributed by atoms with E-state index in [-0.39, 0.29) is 30.4 Å². The van der Waals surface area contributed by atoms with Gasteiger partial charge in [0.1, 0.15) is 0 Å². The Morgan fingerprint density at radius 1 is 0.969 bits per heavy atom. The number of halogens is 1. The first-order valence-electron chi connectivity index (χ1n) is 10.3. The summed E-state index contributed by atoms with van der Waals surface area (Å²) in [6, 6.07) is 15.1. The summed E-state index contributed by atoms with van der Waals surface area (Å²) in [6.07, 6.45) is 6.62. The normalized spacial score (nSPS) is 19.1. The quantitative estimate of drug-likeness (QED) is 0.283. The molecule has 7 heteroatoms. The highest BCUT2D eigenvalue weighted by Gasteiger charge is 2.21. The summed E-state index contributed by atoms with van der Waals surface area (Å²) in [5.41, 5.74) is 5.06. The molecule has 0 aliphatic carbocycles. The number of allylic oxidation sites excluding steroid dienone is 1. The SMILES string of the molecule is C[C@@H]1CN(Cc2ccc(C(=O)/C=C/c3ccc(/C=C/C(=O)NO)cc3)cc2)C[C@H](C)O1.Cl. The van der Waals surface area contributed by atoms with Crippen molar-refractivity contribution in [3.8, 4) is 0 Å². The number of rotatable bonds is 7. The maximum absolute atomic E-state index is 12.5. The average Bonchev–Trinajstić information content (AvgIpc) is 2.76. The lowest BCUT2D eigenvalue weighted by molar-refractivity contribution is -0.124. The van der Waals surface area contributed by atoms with E-state index in [1.807, 2.05) is 48.5 Å². The molecule has 2 aromatic carbocycles. The second kappa shape index (κ2) is 12.3. The van der Waals surface area contributed by atoms with Crippen LogP contribution in [0, 0.1) is 0 Å². The Balaban J connectivity index is 0.00000363. The van der Waals surface area contributed by atoms with Gasteiger partial charge < -0.3 is 4.74 Å². The zero-order chi connectivity index (χ0) is 22.2. The molecule has 1 aliphatic heterocycles. The Labute approximate surface area is 194 Å². The molecular weight excluding hydrogens is 428 g/mol. The third kappa shape index (κ3) is 7.73. The maximum Gasteiger partial charge on any atom is 0.267 e. The van der Waals surface area contributed by atoms with Crippen LogP contribution in [-0.2, 0) is 16.1 Å². The van der Waals surface area contributed by atoms with Crippen LogP contribution < -0.4 is 5.48 Å². The van der Waals surface area contributed by atoms with E-state index < -0.39 is 5.91 Å². The predicted molar refractivity (Wildman–Crippen MR) is 128 cm³/mol. The van der Waals surface area contributed by atoms with Gasteiger partial charge in [0.15, 0.2) is 5.78 Å². The van der Waals surface area contributed by atoms with E-state index in [4.69, 9.17) is 9.94 Å². The van der Waals surface area contributed by atoms with Gasteiger partial charge in [-0.25, -0.2) is 5.48 Å². The number of ether oxygens (including phenoxy) is 1. The first-order valence-corrected chi connectivity index (χ1v) is 10.3. The van der Waals surface area contributed by atoms with Gasteiger partial charge in [-0.1, -0.05) is 54.6 Å². The Morgan fingerprint density at radius 2 is 1.50 bits per heavy atom. The lowest BCUT2D eigenvalue weighted by Gasteiger charge is -2.35. The summed E-state index contributed by atoms with van der Waals surface area (Å²) in [5, 5.41) is 8.48. The fourth-order valence-electron chi connectivity index (χ4n) is 3.64. The van der Waals surface area contributed by atoms with E-state index in [0.29, 0.717) is 5.56 Å². The number of morpholine rings is 1. The van der Waals surface area contributed by atoms with Crippen LogP contribution in [0.3, 0.4) is 0 Å². The summed E-state index contributed by atoms with van der Waals surface area (Å²) in [6.45, 7) is 6.87. The Morgan fingerprint density at radius 3 is 2.03 bits per heavy atom. The molecule has 2 N–H and O–H groups in total. The van der Waals surface area contributed by atoms with Crippen LogP contribution in [0.5, 0.6) is 0 Å². The van der Waals surface area contributed by atoms with Gasteiger partial charge in [-0.3, -0.25) is 19.7 Å². The molecule has 1 saturated heterocycles. The molecule has 0 spiro atoms. The van der Waals surface area contributed by atoms with Crippen LogP contribution in [0.4, 0.5) is 0 Å². The second-order valence-electron chi connectivity index (χ2n) is 7.82. The van der Waals surface area contributed by atoms with Crippen molar-refractivity contribution >= 4 is 36.2 Å². The predicted octanol–water partition coefficient (Wildman–Crippen LogP) is 4.13. The molecule has 0 saturated carbocycles. The topological polar surface area (TPSA) is 78.9 Å². The van der Waals surface area contributed by atoms with Gasteiger partial charge >= 0.3 is 0 Å². The first-order chi connectivity index (χ1) is 14.9. The lowest BCUT2D eigenvalue weighted by Crippen LogP contribution is -2.44. The molecule has 32 heavy (non-hydrogen) atoms. The molecule has 6 nitrogen and oxygen atoms in total. The summed E-state index contributed by atoms with van der Waals surface area (Å²) in [7, 11) is 0. The minimum absolute atomic E-state index is 0. The van der Waals surface area contributed by atoms with Gasteiger partial charge in [0.05, 0.1) is 12.2 Å². The summed E-state index contributed by atoms with van der Waals surface area (Å²) < 4.78 is 5.78. The number of ketones is 1. The van der Waals surface area contributed by atoms with Gasteiger partial charge in [0.2, 0.25) is 0 Å². The molecule has 1 amide bonds. The number of benzene rings is 2. The number of carbonyl (C=O) groups is 2. The zero-order valence-corrected chi connectivity index (χ0v) is 19.0. The molecule has 1 fully saturated rings. The average molecular weight is 457 g/mol. The first kappa shape index (κ1) is 25.5. The highest BCUT2D eigenvalue weighted by molar-refractivity contribution is 6.06. The van der Waals surface area contributed by atoms with Crippen molar-refractivity contribution in [2.24, 2.45) is 0 Å². The molecule has 3 rings (SSSR count). The van der Waals surface area contributed by atoms with E-state index in [2.05, 4.69) is 18.7 Å². The molecule has 0 bridgehead atoms. The Hall–Kier alpha value is -2.77. The largest absolute Gasteiger partial charge is 0.373 e. The molecule has 2 atom stereocenters. The lowest BCUT2D eigenvalue weighted by atomic mass is 10.1. The number of nitrogens with zero attached hydrogens (tertiary/aromatic N) is 1. The van der Waals surface area contributed by atoms with Crippen molar-refractivity contribution in [2.75, 3.05) is 13.1 Å². The fourth-order valence-corrected chi connectivity index (χ4v) is 3.64. The van der Waals surface area contributed by atoms with Crippen molar-refractivity contribution in [1.29, 1.82) is 0 Å². The van der Waals surface area contributed by atoms with Gasteiger partial charge in [-0.2, -0.15) is 0 Å². The molecule has 0 unspecified atom stereocenters. The highest BCUT2D eigenvalue weighted by Crippen LogP contribution is 2.15. The monoisotopic (exact) mass is 456 g/mol. The third-order valence-electron chi connectivity index (χ3n) is 5.04. The summed E-state index contributed by atoms with van der Waals surface area (Å²) in [5.74, 6) is -0.640. The smallest absolute Gasteiger partial charge is 0.267 e. The molecule has 0 radical (unpaired) electrons. The number of amides is 1. The number of hydrogen-bond donors (Lipinski definition) is 2. The van der Waals surface area contributed by atoms with Crippen molar-refractivity contribution < 1.29 is 19.5 Å². The molecule has 1 aliphatic rings. The van der Waals surface area contributed by atoms with E-state index >= 15 is 0 Å². The standard InChI is InChI=1S/C25H28N2O4.ClH/c1-18-15-27(16-19(2)31-18)17-22-7-11-23(12-8-22)24(28)13-9-20-3-5-21(6-4-20)10-14-25(29)26-30;/h3-14,18-19,30H,15-17H2,1-2H3,(H,26,29);1H/b13-9+,14-10+;/t18-,19+;. The van der Waals surface area contributed by atoms with E-state index in [9.17, 15) is 9.59 Å². The van der Waals surface area contributed by atoms with E-state index in [1.54, 1.807) is 23.7 Å². The minimum Gasteiger partial charge on any atom is -0.373 e. The number of hydrogen-bond acceptors (Lipinski definition) is 5. The highest BCUT2D eigenvalue weighted by atomic mass is 35.5. The van der Waals surface area contributed by atoms with Gasteiger partial charge in [0.25, 0.3) is 5.91 Å².